The summed E-state index contributed by atoms with van der Waals surface area (Å²) in [4.78, 5) is 9.16. The first-order chi connectivity index (χ1) is 7.66. The van der Waals surface area contributed by atoms with E-state index in [9.17, 15) is 0 Å². The van der Waals surface area contributed by atoms with Crippen LogP contribution < -0.4 is 5.73 Å². The Balaban J connectivity index is 2.31. The van der Waals surface area contributed by atoms with Crippen molar-refractivity contribution in [2.75, 3.05) is 5.73 Å². The van der Waals surface area contributed by atoms with Crippen molar-refractivity contribution in [3.05, 3.63) is 39.5 Å². The fourth-order valence-corrected chi connectivity index (χ4v) is 2.93. The first-order valence-electron chi connectivity index (χ1n) is 4.36. The number of aromatic nitrogens is 2. The number of hydrogen-bond donors (Lipinski definition) is 1. The van der Waals surface area contributed by atoms with E-state index in [0.717, 1.165) is 18.9 Å². The lowest BCUT2D eigenvalue weighted by molar-refractivity contribution is 1.03. The number of anilines is 1. The molecule has 1 aromatic heterocycles. The van der Waals surface area contributed by atoms with Crippen molar-refractivity contribution in [2.45, 2.75) is 9.92 Å². The Morgan fingerprint density at radius 2 is 2.00 bits per heavy atom. The van der Waals surface area contributed by atoms with Gasteiger partial charge in [0.2, 0.25) is 0 Å². The molecule has 2 rings (SSSR count). The van der Waals surface area contributed by atoms with Crippen LogP contribution in [0.4, 0.5) is 5.82 Å². The van der Waals surface area contributed by atoms with E-state index in [1.165, 1.54) is 18.1 Å². The van der Waals surface area contributed by atoms with Crippen molar-refractivity contribution in [3.63, 3.8) is 0 Å². The summed E-state index contributed by atoms with van der Waals surface area (Å²) < 4.78 is 1.77. The van der Waals surface area contributed by atoms with Crippen LogP contribution in [0.2, 0.25) is 0 Å². The third-order valence-electron chi connectivity index (χ3n) is 1.80. The Morgan fingerprint density at radius 3 is 2.75 bits per heavy atom. The lowest BCUT2D eigenvalue weighted by atomic mass is 10.4. The summed E-state index contributed by atoms with van der Waals surface area (Å²) in [5.74, 6) is 0.451. The molecule has 0 aliphatic heterocycles. The van der Waals surface area contributed by atoms with Gasteiger partial charge in [-0.1, -0.05) is 33.8 Å². The number of rotatable bonds is 2. The molecule has 82 valence electrons. The van der Waals surface area contributed by atoms with Crippen LogP contribution in [-0.4, -0.2) is 9.97 Å². The molecule has 0 atom stereocenters. The van der Waals surface area contributed by atoms with Crippen LogP contribution in [0, 0.1) is 0 Å². The maximum Gasteiger partial charge on any atom is 0.142 e. The van der Waals surface area contributed by atoms with Crippen LogP contribution in [0.15, 0.2) is 49.5 Å². The molecule has 0 bridgehead atoms. The first kappa shape index (κ1) is 11.9. The maximum atomic E-state index is 5.68. The number of nitrogens with two attached hydrogens (primary N) is 1. The van der Waals surface area contributed by atoms with Gasteiger partial charge in [0.25, 0.3) is 0 Å². The van der Waals surface area contributed by atoms with Gasteiger partial charge in [0.15, 0.2) is 0 Å². The molecule has 0 fully saturated rings. The monoisotopic (exact) mass is 359 g/mol. The summed E-state index contributed by atoms with van der Waals surface area (Å²) in [7, 11) is 0. The van der Waals surface area contributed by atoms with Crippen LogP contribution in [-0.2, 0) is 0 Å². The standard InChI is InChI=1S/C10H7Br2N3S/c11-6-2-1-3-7(4-6)16-10-8(12)9(13)14-5-15-10/h1-5H,(H2,13,14,15). The van der Waals surface area contributed by atoms with Crippen molar-refractivity contribution in [1.29, 1.82) is 0 Å². The fourth-order valence-electron chi connectivity index (χ4n) is 1.08. The average molecular weight is 361 g/mol. The average Bonchev–Trinajstić information content (AvgIpc) is 2.25. The molecule has 1 aromatic carbocycles. The van der Waals surface area contributed by atoms with Gasteiger partial charge in [0.05, 0.1) is 4.47 Å². The van der Waals surface area contributed by atoms with E-state index in [1.807, 2.05) is 24.3 Å². The van der Waals surface area contributed by atoms with Crippen LogP contribution in [0.3, 0.4) is 0 Å². The number of benzene rings is 1. The zero-order chi connectivity index (χ0) is 11.5. The van der Waals surface area contributed by atoms with Gasteiger partial charge in [-0.2, -0.15) is 0 Å². The van der Waals surface area contributed by atoms with Gasteiger partial charge in [-0.25, -0.2) is 9.97 Å². The van der Waals surface area contributed by atoms with E-state index < -0.39 is 0 Å². The third-order valence-corrected chi connectivity index (χ3v) is 4.33. The fraction of sp³-hybridized carbons (Fsp3) is 0. The molecule has 0 saturated heterocycles. The molecular weight excluding hydrogens is 354 g/mol. The third kappa shape index (κ3) is 2.75. The SMILES string of the molecule is Nc1ncnc(Sc2cccc(Br)c2)c1Br. The molecule has 16 heavy (non-hydrogen) atoms. The Bertz CT molecular complexity index is 519. The molecule has 0 saturated carbocycles. The maximum absolute atomic E-state index is 5.68. The summed E-state index contributed by atoms with van der Waals surface area (Å²) in [6, 6.07) is 7.99. The van der Waals surface area contributed by atoms with Crippen LogP contribution >= 0.6 is 43.6 Å². The predicted octanol–water partition coefficient (Wildman–Crippen LogP) is 3.74. The number of nitrogens with zero attached hydrogens (tertiary/aromatic N) is 2. The second-order valence-electron chi connectivity index (χ2n) is 2.94. The van der Waals surface area contributed by atoms with Crippen LogP contribution in [0.5, 0.6) is 0 Å². The summed E-state index contributed by atoms with van der Waals surface area (Å²) >= 11 is 8.33. The molecule has 2 aromatic rings. The molecule has 0 amide bonds. The molecule has 0 radical (unpaired) electrons. The smallest absolute Gasteiger partial charge is 0.142 e. The Morgan fingerprint density at radius 1 is 1.19 bits per heavy atom. The summed E-state index contributed by atoms with van der Waals surface area (Å²) in [5.41, 5.74) is 5.68. The topological polar surface area (TPSA) is 51.8 Å². The highest BCUT2D eigenvalue weighted by Crippen LogP contribution is 2.34. The highest BCUT2D eigenvalue weighted by atomic mass is 79.9. The molecular formula is C10H7Br2N3S. The molecule has 3 nitrogen and oxygen atoms in total. The molecule has 1 heterocycles. The zero-order valence-electron chi connectivity index (χ0n) is 8.02. The summed E-state index contributed by atoms with van der Waals surface area (Å²) in [6.45, 7) is 0. The second kappa shape index (κ2) is 5.16. The number of nitrogen functional groups attached to an aromatic ring is 1. The largest absolute Gasteiger partial charge is 0.383 e. The molecule has 0 unspecified atom stereocenters. The minimum absolute atomic E-state index is 0.451. The Hall–Kier alpha value is -0.590. The lowest BCUT2D eigenvalue weighted by Gasteiger charge is -2.04. The second-order valence-corrected chi connectivity index (χ2v) is 5.71. The predicted molar refractivity (Wildman–Crippen MR) is 72.4 cm³/mol. The highest BCUT2D eigenvalue weighted by Gasteiger charge is 2.07. The van der Waals surface area contributed by atoms with Crippen LogP contribution in [0.1, 0.15) is 0 Å². The first-order valence-corrected chi connectivity index (χ1v) is 6.76. The van der Waals surface area contributed by atoms with Gasteiger partial charge in [-0.3, -0.25) is 0 Å². The molecule has 0 aliphatic rings. The van der Waals surface area contributed by atoms with E-state index in [-0.39, 0.29) is 0 Å². The zero-order valence-corrected chi connectivity index (χ0v) is 12.0. The van der Waals surface area contributed by atoms with Crippen molar-refractivity contribution < 1.29 is 0 Å². The minimum atomic E-state index is 0.451. The molecule has 2 N–H and O–H groups in total. The van der Waals surface area contributed by atoms with Crippen LogP contribution in [0.25, 0.3) is 0 Å². The normalized spacial score (nSPS) is 10.4. The van der Waals surface area contributed by atoms with Gasteiger partial charge in [-0.15, -0.1) is 0 Å². The van der Waals surface area contributed by atoms with Gasteiger partial charge < -0.3 is 5.73 Å². The lowest BCUT2D eigenvalue weighted by Crippen LogP contribution is -1.94. The number of hydrogen-bond acceptors (Lipinski definition) is 4. The molecule has 6 heteroatoms. The van der Waals surface area contributed by atoms with Crippen molar-refractivity contribution >= 4 is 49.4 Å². The minimum Gasteiger partial charge on any atom is -0.383 e. The van der Waals surface area contributed by atoms with E-state index in [4.69, 9.17) is 5.73 Å². The van der Waals surface area contributed by atoms with Crippen molar-refractivity contribution in [1.82, 2.24) is 9.97 Å². The van der Waals surface area contributed by atoms with E-state index in [0.29, 0.717) is 5.82 Å². The highest BCUT2D eigenvalue weighted by molar-refractivity contribution is 9.10. The number of halogens is 2. The van der Waals surface area contributed by atoms with E-state index in [2.05, 4.69) is 41.8 Å². The Labute approximate surface area is 114 Å². The molecule has 0 aliphatic carbocycles. The van der Waals surface area contributed by atoms with Gasteiger partial charge in [-0.05, 0) is 34.1 Å². The molecule has 0 spiro atoms. The van der Waals surface area contributed by atoms with Crippen molar-refractivity contribution in [3.8, 4) is 0 Å². The summed E-state index contributed by atoms with van der Waals surface area (Å²) in [6.07, 6.45) is 1.46. The van der Waals surface area contributed by atoms with Gasteiger partial charge in [0, 0.05) is 9.37 Å². The summed E-state index contributed by atoms with van der Waals surface area (Å²) in [5, 5.41) is 0.811. The Kier molecular flexibility index (Phi) is 3.83. The van der Waals surface area contributed by atoms with Gasteiger partial charge >= 0.3 is 0 Å². The van der Waals surface area contributed by atoms with E-state index in [1.54, 1.807) is 0 Å². The quantitative estimate of drug-likeness (QED) is 0.829. The van der Waals surface area contributed by atoms with Crippen molar-refractivity contribution in [2.24, 2.45) is 0 Å². The van der Waals surface area contributed by atoms with Gasteiger partial charge in [0.1, 0.15) is 17.2 Å². The van der Waals surface area contributed by atoms with E-state index >= 15 is 0 Å².